The van der Waals surface area contributed by atoms with Gasteiger partial charge in [-0.15, -0.1) is 0 Å². The zero-order valence-corrected chi connectivity index (χ0v) is 17.7. The molecule has 2 nitrogen and oxygen atoms in total. The van der Waals surface area contributed by atoms with E-state index in [1.807, 2.05) is 0 Å². The monoisotopic (exact) mass is 377 g/mol. The molecule has 0 radical (unpaired) electrons. The first-order valence-corrected chi connectivity index (χ1v) is 10.4. The molecule has 0 spiro atoms. The van der Waals surface area contributed by atoms with E-state index < -0.39 is 0 Å². The van der Waals surface area contributed by atoms with Crippen molar-refractivity contribution in [3.63, 3.8) is 0 Å². The second-order valence-electron chi connectivity index (χ2n) is 9.46. The third kappa shape index (κ3) is 1.99. The van der Waals surface area contributed by atoms with Gasteiger partial charge >= 0.3 is 0 Å². The maximum atomic E-state index is 2.51. The van der Waals surface area contributed by atoms with Crippen LogP contribution in [0.15, 0.2) is 60.8 Å². The maximum Gasteiger partial charge on any atom is 0.224 e. The molecule has 3 heterocycles. The van der Waals surface area contributed by atoms with E-state index in [1.54, 1.807) is 0 Å². The van der Waals surface area contributed by atoms with Gasteiger partial charge in [-0.25, -0.2) is 4.57 Å². The summed E-state index contributed by atoms with van der Waals surface area (Å²) in [7, 11) is 2.17. The second-order valence-corrected chi connectivity index (χ2v) is 9.46. The van der Waals surface area contributed by atoms with Crippen LogP contribution in [0.3, 0.4) is 0 Å². The number of hydrogen-bond donors (Lipinski definition) is 0. The minimum absolute atomic E-state index is 0.0728. The fourth-order valence-corrected chi connectivity index (χ4v) is 5.32. The summed E-state index contributed by atoms with van der Waals surface area (Å²) in [6, 6.07) is 20.3. The quantitative estimate of drug-likeness (QED) is 0.164. The Labute approximate surface area is 170 Å². The first-order valence-electron chi connectivity index (χ1n) is 10.4. The van der Waals surface area contributed by atoms with E-state index in [0.717, 1.165) is 0 Å². The average molecular weight is 378 g/mol. The molecule has 2 heteroatoms. The summed E-state index contributed by atoms with van der Waals surface area (Å²) in [5.41, 5.74) is 8.13. The van der Waals surface area contributed by atoms with Gasteiger partial charge < -0.3 is 4.40 Å². The van der Waals surface area contributed by atoms with Crippen LogP contribution in [0.25, 0.3) is 49.0 Å². The van der Waals surface area contributed by atoms with Crippen LogP contribution >= 0.6 is 0 Å². The Bertz CT molecular complexity index is 1590. The number of aryl methyl sites for hydroxylation is 2. The maximum absolute atomic E-state index is 2.51. The normalized spacial score (nSPS) is 13.0. The van der Waals surface area contributed by atoms with Crippen LogP contribution in [0.2, 0.25) is 0 Å². The molecule has 0 amide bonds. The number of benzene rings is 3. The lowest BCUT2D eigenvalue weighted by atomic mass is 9.82. The zero-order valence-electron chi connectivity index (χ0n) is 17.7. The van der Waals surface area contributed by atoms with Crippen molar-refractivity contribution in [2.45, 2.75) is 33.1 Å². The van der Waals surface area contributed by atoms with Crippen LogP contribution < -0.4 is 4.57 Å². The molecule has 3 aromatic carbocycles. The van der Waals surface area contributed by atoms with Crippen molar-refractivity contribution >= 4 is 49.0 Å². The molecule has 0 atom stereocenters. The fourth-order valence-electron chi connectivity index (χ4n) is 5.32. The average Bonchev–Trinajstić information content (AvgIpc) is 3.03. The van der Waals surface area contributed by atoms with Crippen LogP contribution in [0.5, 0.6) is 0 Å². The number of fused-ring (bicyclic) bond motifs is 5. The highest BCUT2D eigenvalue weighted by molar-refractivity contribution is 6.26. The summed E-state index contributed by atoms with van der Waals surface area (Å²) in [4.78, 5) is 0. The highest BCUT2D eigenvalue weighted by Crippen LogP contribution is 2.44. The lowest BCUT2D eigenvalue weighted by Crippen LogP contribution is -2.29. The van der Waals surface area contributed by atoms with Crippen molar-refractivity contribution in [3.8, 4) is 0 Å². The molecule has 0 unspecified atom stereocenters. The van der Waals surface area contributed by atoms with Gasteiger partial charge in [-0.2, -0.15) is 0 Å². The molecule has 0 N–H and O–H groups in total. The number of hydrogen-bond acceptors (Lipinski definition) is 0. The highest BCUT2D eigenvalue weighted by atomic mass is 15.0. The Morgan fingerprint density at radius 2 is 1.59 bits per heavy atom. The minimum atomic E-state index is 0.0728. The van der Waals surface area contributed by atoms with Gasteiger partial charge in [0, 0.05) is 16.8 Å². The Morgan fingerprint density at radius 1 is 0.828 bits per heavy atom. The zero-order chi connectivity index (χ0) is 20.1. The molecule has 0 aliphatic heterocycles. The summed E-state index contributed by atoms with van der Waals surface area (Å²) >= 11 is 0. The Hall–Kier alpha value is -3.13. The van der Waals surface area contributed by atoms with E-state index in [9.17, 15) is 0 Å². The molecule has 142 valence electrons. The molecule has 0 bridgehead atoms. The lowest BCUT2D eigenvalue weighted by molar-refractivity contribution is -0.643. The predicted molar refractivity (Wildman–Crippen MR) is 123 cm³/mol. The number of nitrogens with zero attached hydrogens (tertiary/aromatic N) is 2. The second kappa shape index (κ2) is 5.27. The van der Waals surface area contributed by atoms with Gasteiger partial charge in [0.1, 0.15) is 7.05 Å². The molecule has 0 aliphatic rings. The first kappa shape index (κ1) is 16.8. The first-order chi connectivity index (χ1) is 13.9. The summed E-state index contributed by atoms with van der Waals surface area (Å²) in [5, 5.41) is 6.77. The van der Waals surface area contributed by atoms with Gasteiger partial charge in [0.05, 0.1) is 27.3 Å². The van der Waals surface area contributed by atoms with E-state index in [-0.39, 0.29) is 5.41 Å². The van der Waals surface area contributed by atoms with Gasteiger partial charge in [0.15, 0.2) is 6.20 Å². The lowest BCUT2D eigenvalue weighted by Gasteiger charge is -2.23. The molecular formula is C27H25N2+. The largest absolute Gasteiger partial charge is 0.307 e. The Morgan fingerprint density at radius 3 is 2.38 bits per heavy atom. The topological polar surface area (TPSA) is 8.29 Å². The van der Waals surface area contributed by atoms with Crippen LogP contribution in [0, 0.1) is 6.92 Å². The fraction of sp³-hybridized carbons (Fsp3) is 0.222. The smallest absolute Gasteiger partial charge is 0.224 e. The van der Waals surface area contributed by atoms with Crippen molar-refractivity contribution in [3.05, 3.63) is 71.9 Å². The highest BCUT2D eigenvalue weighted by Gasteiger charge is 2.28. The van der Waals surface area contributed by atoms with Crippen LogP contribution in [-0.4, -0.2) is 4.40 Å². The van der Waals surface area contributed by atoms with E-state index in [4.69, 9.17) is 0 Å². The van der Waals surface area contributed by atoms with Crippen molar-refractivity contribution in [2.24, 2.45) is 7.05 Å². The van der Waals surface area contributed by atoms with E-state index in [1.165, 1.54) is 60.1 Å². The predicted octanol–water partition coefficient (Wildman–Crippen LogP) is 6.42. The third-order valence-corrected chi connectivity index (χ3v) is 6.56. The Kier molecular flexibility index (Phi) is 3.05. The van der Waals surface area contributed by atoms with Gasteiger partial charge in [0.25, 0.3) is 0 Å². The van der Waals surface area contributed by atoms with E-state index in [2.05, 4.69) is 105 Å². The molecule has 0 fully saturated rings. The van der Waals surface area contributed by atoms with Gasteiger partial charge in [0.2, 0.25) is 5.52 Å². The molecular weight excluding hydrogens is 352 g/mol. The molecule has 29 heavy (non-hydrogen) atoms. The van der Waals surface area contributed by atoms with Crippen LogP contribution in [-0.2, 0) is 12.5 Å². The standard InChI is InChI=1S/C27H25N2/c1-16-15-19(27(2,3)4)24-18-10-6-7-11-20(18)29-21-12-8-9-17-13-14-28(5)25(23(17)21)22(16)26(24)29/h6-15H,1-5H3/q+1. The number of pyridine rings is 2. The van der Waals surface area contributed by atoms with Crippen LogP contribution in [0.1, 0.15) is 31.9 Å². The van der Waals surface area contributed by atoms with Crippen LogP contribution in [0.4, 0.5) is 0 Å². The van der Waals surface area contributed by atoms with Gasteiger partial charge in [-0.1, -0.05) is 57.2 Å². The third-order valence-electron chi connectivity index (χ3n) is 6.56. The van der Waals surface area contributed by atoms with Gasteiger partial charge in [-0.05, 0) is 41.0 Å². The number of aromatic nitrogens is 2. The number of para-hydroxylation sites is 1. The Balaban J connectivity index is 2.12. The molecule has 0 aliphatic carbocycles. The van der Waals surface area contributed by atoms with Crippen molar-refractivity contribution in [1.29, 1.82) is 0 Å². The SMILES string of the molecule is Cc1cc(C(C)(C)C)c2c3ccccc3n3c4cccc5cc[n+](C)c(c1c23)c54. The van der Waals surface area contributed by atoms with Gasteiger partial charge in [-0.3, -0.25) is 0 Å². The summed E-state index contributed by atoms with van der Waals surface area (Å²) in [5.74, 6) is 0. The molecule has 6 aromatic rings. The van der Waals surface area contributed by atoms with Crippen molar-refractivity contribution in [1.82, 2.24) is 4.40 Å². The number of rotatable bonds is 0. The van der Waals surface area contributed by atoms with E-state index >= 15 is 0 Å². The summed E-state index contributed by atoms with van der Waals surface area (Å²) in [6.07, 6.45) is 2.20. The minimum Gasteiger partial charge on any atom is -0.307 e. The van der Waals surface area contributed by atoms with Crippen molar-refractivity contribution < 1.29 is 4.57 Å². The molecule has 0 saturated heterocycles. The molecule has 3 aromatic heterocycles. The summed E-state index contributed by atoms with van der Waals surface area (Å²) in [6.45, 7) is 9.26. The summed E-state index contributed by atoms with van der Waals surface area (Å²) < 4.78 is 4.81. The van der Waals surface area contributed by atoms with E-state index in [0.29, 0.717) is 0 Å². The molecule has 6 rings (SSSR count). The van der Waals surface area contributed by atoms with Crippen molar-refractivity contribution in [2.75, 3.05) is 0 Å². The molecule has 0 saturated carbocycles.